The van der Waals surface area contributed by atoms with Gasteiger partial charge >= 0.3 is 0 Å². The van der Waals surface area contributed by atoms with Crippen LogP contribution in [-0.4, -0.2) is 27.5 Å². The van der Waals surface area contributed by atoms with E-state index in [4.69, 9.17) is 11.6 Å². The monoisotopic (exact) mass is 264 g/mol. The molecule has 6 heteroatoms. The summed E-state index contributed by atoms with van der Waals surface area (Å²) in [5.74, 6) is 0.606. The van der Waals surface area contributed by atoms with Crippen LogP contribution >= 0.6 is 22.9 Å². The molecule has 1 atom stereocenters. The zero-order chi connectivity index (χ0) is 10.7. The summed E-state index contributed by atoms with van der Waals surface area (Å²) in [5.41, 5.74) is 0. The molecule has 1 aromatic rings. The smallest absolute Gasteiger partial charge is 0.183 e. The van der Waals surface area contributed by atoms with E-state index in [1.165, 1.54) is 11.3 Å². The Hall–Kier alpha value is 0.0300. The van der Waals surface area contributed by atoms with E-state index in [2.05, 4.69) is 10.3 Å². The molecule has 0 spiro atoms. The largest absolute Gasteiger partial charge is 0.317 e. The molecule has 0 saturated carbocycles. The van der Waals surface area contributed by atoms with Gasteiger partial charge in [-0.1, -0.05) is 11.6 Å². The number of rotatable bonds is 3. The van der Waals surface area contributed by atoms with Gasteiger partial charge in [0.2, 0.25) is 0 Å². The lowest BCUT2D eigenvalue weighted by atomic mass is 10.2. The highest BCUT2D eigenvalue weighted by Gasteiger charge is 2.20. The Morgan fingerprint density at radius 3 is 2.93 bits per heavy atom. The summed E-state index contributed by atoms with van der Waals surface area (Å²) >= 11 is 7.15. The minimum absolute atomic E-state index is 0.340. The van der Waals surface area contributed by atoms with Crippen molar-refractivity contribution >= 4 is 33.7 Å². The Labute approximate surface area is 101 Å². The van der Waals surface area contributed by atoms with Crippen molar-refractivity contribution in [1.29, 1.82) is 0 Å². The Balaban J connectivity index is 1.91. The number of piperidine rings is 1. The molecular weight excluding hydrogens is 252 g/mol. The van der Waals surface area contributed by atoms with Gasteiger partial charge in [0.05, 0.1) is 5.75 Å². The predicted octanol–water partition coefficient (Wildman–Crippen LogP) is 1.80. The predicted molar refractivity (Wildman–Crippen MR) is 64.9 cm³/mol. The molecule has 1 saturated heterocycles. The van der Waals surface area contributed by atoms with Crippen LogP contribution in [-0.2, 0) is 16.6 Å². The molecule has 1 aliphatic heterocycles. The van der Waals surface area contributed by atoms with E-state index < -0.39 is 10.8 Å². The van der Waals surface area contributed by atoms with Crippen molar-refractivity contribution in [2.24, 2.45) is 0 Å². The first-order valence-electron chi connectivity index (χ1n) is 4.94. The number of hydrogen-bond donors (Lipinski definition) is 1. The average molecular weight is 265 g/mol. The molecule has 2 heterocycles. The van der Waals surface area contributed by atoms with Crippen LogP contribution < -0.4 is 5.32 Å². The molecule has 3 nitrogen and oxygen atoms in total. The number of thiazole rings is 1. The molecule has 84 valence electrons. The molecule has 0 radical (unpaired) electrons. The van der Waals surface area contributed by atoms with E-state index in [0.29, 0.717) is 15.5 Å². The van der Waals surface area contributed by atoms with Gasteiger partial charge in [0.25, 0.3) is 0 Å². The minimum atomic E-state index is -0.772. The summed E-state index contributed by atoms with van der Waals surface area (Å²) in [6.07, 6.45) is 3.75. The third-order valence-corrected chi connectivity index (χ3v) is 5.58. The highest BCUT2D eigenvalue weighted by molar-refractivity contribution is 7.85. The summed E-state index contributed by atoms with van der Waals surface area (Å²) in [6.45, 7) is 1.97. The van der Waals surface area contributed by atoms with Gasteiger partial charge in [-0.15, -0.1) is 11.3 Å². The van der Waals surface area contributed by atoms with Gasteiger partial charge < -0.3 is 5.32 Å². The summed E-state index contributed by atoms with van der Waals surface area (Å²) in [6, 6.07) is 0. The number of nitrogens with zero attached hydrogens (tertiary/aromatic N) is 1. The fourth-order valence-electron chi connectivity index (χ4n) is 1.67. The topological polar surface area (TPSA) is 42.0 Å². The SMILES string of the molecule is O=[S@](Cc1cnc(Cl)s1)C1CCNCC1. The van der Waals surface area contributed by atoms with Crippen LogP contribution in [0.4, 0.5) is 0 Å². The van der Waals surface area contributed by atoms with Crippen LogP contribution in [0.2, 0.25) is 4.47 Å². The molecule has 1 fully saturated rings. The minimum Gasteiger partial charge on any atom is -0.317 e. The lowest BCUT2D eigenvalue weighted by molar-refractivity contribution is 0.519. The molecule has 0 bridgehead atoms. The fraction of sp³-hybridized carbons (Fsp3) is 0.667. The Morgan fingerprint density at radius 1 is 1.60 bits per heavy atom. The van der Waals surface area contributed by atoms with Crippen LogP contribution in [0.25, 0.3) is 0 Å². The van der Waals surface area contributed by atoms with Crippen molar-refractivity contribution in [3.05, 3.63) is 15.5 Å². The van der Waals surface area contributed by atoms with E-state index in [1.807, 2.05) is 0 Å². The molecule has 0 aromatic carbocycles. The lowest BCUT2D eigenvalue weighted by Crippen LogP contribution is -2.33. The van der Waals surface area contributed by atoms with Gasteiger partial charge in [0.15, 0.2) is 4.47 Å². The van der Waals surface area contributed by atoms with Crippen LogP contribution in [0, 0.1) is 0 Å². The molecule has 2 rings (SSSR count). The Kier molecular flexibility index (Phi) is 4.13. The van der Waals surface area contributed by atoms with E-state index in [0.717, 1.165) is 30.8 Å². The van der Waals surface area contributed by atoms with Gasteiger partial charge in [0, 0.05) is 27.1 Å². The quantitative estimate of drug-likeness (QED) is 0.905. The highest BCUT2D eigenvalue weighted by Crippen LogP contribution is 2.21. The maximum absolute atomic E-state index is 12.0. The van der Waals surface area contributed by atoms with Gasteiger partial charge in [-0.25, -0.2) is 4.98 Å². The molecule has 0 amide bonds. The number of aromatic nitrogens is 1. The maximum Gasteiger partial charge on any atom is 0.183 e. The van der Waals surface area contributed by atoms with Crippen molar-refractivity contribution in [2.45, 2.75) is 23.8 Å². The summed E-state index contributed by atoms with van der Waals surface area (Å²) in [4.78, 5) is 4.98. The van der Waals surface area contributed by atoms with Crippen LogP contribution in [0.3, 0.4) is 0 Å². The first-order chi connectivity index (χ1) is 7.25. The van der Waals surface area contributed by atoms with E-state index >= 15 is 0 Å². The van der Waals surface area contributed by atoms with Gasteiger partial charge in [-0.2, -0.15) is 0 Å². The Morgan fingerprint density at radius 2 is 2.33 bits per heavy atom. The Bertz CT molecular complexity index is 350. The van der Waals surface area contributed by atoms with Crippen molar-refractivity contribution in [3.63, 3.8) is 0 Å². The van der Waals surface area contributed by atoms with Crippen molar-refractivity contribution in [3.8, 4) is 0 Å². The van der Waals surface area contributed by atoms with Crippen molar-refractivity contribution < 1.29 is 4.21 Å². The van der Waals surface area contributed by atoms with Crippen LogP contribution in [0.1, 0.15) is 17.7 Å². The zero-order valence-corrected chi connectivity index (χ0v) is 10.6. The van der Waals surface area contributed by atoms with Gasteiger partial charge in [-0.3, -0.25) is 4.21 Å². The average Bonchev–Trinajstić information content (AvgIpc) is 2.65. The standard InChI is InChI=1S/C9H13ClN2OS2/c10-9-12-5-7(14-9)6-15(13)8-1-3-11-4-2-8/h5,8,11H,1-4,6H2/t15-/m1/s1. The van der Waals surface area contributed by atoms with Crippen molar-refractivity contribution in [1.82, 2.24) is 10.3 Å². The number of nitrogens with one attached hydrogen (secondary N) is 1. The fourth-order valence-corrected chi connectivity index (χ4v) is 4.38. The normalized spacial score (nSPS) is 20.3. The second-order valence-electron chi connectivity index (χ2n) is 3.55. The molecule has 0 unspecified atom stereocenters. The molecule has 1 N–H and O–H groups in total. The van der Waals surface area contributed by atoms with Gasteiger partial charge in [0.1, 0.15) is 0 Å². The molecule has 0 aliphatic carbocycles. The number of halogens is 1. The first kappa shape index (κ1) is 11.5. The third kappa shape index (κ3) is 3.24. The van der Waals surface area contributed by atoms with E-state index in [-0.39, 0.29) is 0 Å². The number of hydrogen-bond acceptors (Lipinski definition) is 4. The van der Waals surface area contributed by atoms with Gasteiger partial charge in [-0.05, 0) is 25.9 Å². The maximum atomic E-state index is 12.0. The zero-order valence-electron chi connectivity index (χ0n) is 8.24. The molecule has 1 aromatic heterocycles. The molecular formula is C9H13ClN2OS2. The molecule has 1 aliphatic rings. The summed E-state index contributed by atoms with van der Waals surface area (Å²) in [7, 11) is -0.772. The van der Waals surface area contributed by atoms with Crippen molar-refractivity contribution in [2.75, 3.05) is 13.1 Å². The second kappa shape index (κ2) is 5.39. The summed E-state index contributed by atoms with van der Waals surface area (Å²) < 4.78 is 12.5. The molecule has 15 heavy (non-hydrogen) atoms. The lowest BCUT2D eigenvalue weighted by Gasteiger charge is -2.21. The highest BCUT2D eigenvalue weighted by atomic mass is 35.5. The first-order valence-corrected chi connectivity index (χ1v) is 7.51. The van der Waals surface area contributed by atoms with E-state index in [1.54, 1.807) is 6.20 Å². The second-order valence-corrected chi connectivity index (χ2v) is 6.97. The van der Waals surface area contributed by atoms with E-state index in [9.17, 15) is 4.21 Å². The summed E-state index contributed by atoms with van der Waals surface area (Å²) in [5, 5.41) is 3.61. The third-order valence-electron chi connectivity index (χ3n) is 2.47. The van der Waals surface area contributed by atoms with Crippen LogP contribution in [0.5, 0.6) is 0 Å². The van der Waals surface area contributed by atoms with Crippen LogP contribution in [0.15, 0.2) is 6.20 Å².